The van der Waals surface area contributed by atoms with Crippen LogP contribution in [0.1, 0.15) is 34.1 Å². The van der Waals surface area contributed by atoms with E-state index in [2.05, 4.69) is 4.74 Å². The van der Waals surface area contributed by atoms with Crippen molar-refractivity contribution in [3.8, 4) is 0 Å². The van der Waals surface area contributed by atoms with Gasteiger partial charge in [0.25, 0.3) is 0 Å². The zero-order chi connectivity index (χ0) is 52.2. The van der Waals surface area contributed by atoms with E-state index in [-0.39, 0.29) is 31.6 Å². The summed E-state index contributed by atoms with van der Waals surface area (Å²) in [5.74, 6) is 0. The molecule has 390 valence electrons. The van der Waals surface area contributed by atoms with Gasteiger partial charge in [0.15, 0.2) is 37.7 Å². The summed E-state index contributed by atoms with van der Waals surface area (Å²) in [6.45, 7) is 4.14. The highest BCUT2D eigenvalue weighted by Gasteiger charge is 2.41. The molecule has 0 aromatic rings. The lowest BCUT2D eigenvalue weighted by Crippen LogP contribution is -2.56. The average molecular weight is 971 g/mol. The van der Waals surface area contributed by atoms with Gasteiger partial charge in [-0.3, -0.25) is 0 Å². The summed E-state index contributed by atoms with van der Waals surface area (Å²) in [5, 5.41) is 211. The second-order valence-electron chi connectivity index (χ2n) is 14.2. The summed E-state index contributed by atoms with van der Waals surface area (Å²) in [5.41, 5.74) is 0. The number of rotatable bonds is 17. The third-order valence-corrected chi connectivity index (χ3v) is 8.68. The molecule has 30 nitrogen and oxygen atoms in total. The fraction of sp³-hybridized carbons (Fsp3) is 0.886. The molecule has 24 N–H and O–H groups in total. The van der Waals surface area contributed by atoms with Crippen molar-refractivity contribution in [1.82, 2.24) is 0 Å². The topological polar surface area (TPSA) is 572 Å². The normalized spacial score (nSPS) is 30.8. The quantitative estimate of drug-likeness (QED) is 0.0602. The molecule has 30 heteroatoms. The van der Waals surface area contributed by atoms with Crippen LogP contribution in [0.3, 0.4) is 0 Å². The Balaban J connectivity index is -0.000000344. The highest BCUT2D eigenvalue weighted by atomic mass is 16.6. The highest BCUT2D eigenvalue weighted by molar-refractivity contribution is 5.57. The lowest BCUT2D eigenvalue weighted by molar-refractivity contribution is -0.277. The van der Waals surface area contributed by atoms with Crippen LogP contribution in [0.4, 0.5) is 0 Å². The van der Waals surface area contributed by atoms with Gasteiger partial charge in [0.05, 0.1) is 43.7 Å². The minimum absolute atomic E-state index is 0.0258. The molecule has 0 aromatic heterocycles. The van der Waals surface area contributed by atoms with Gasteiger partial charge in [-0.25, -0.2) is 0 Å². The number of hydrogen-bond acceptors (Lipinski definition) is 30. The molecule has 65 heavy (non-hydrogen) atoms. The third-order valence-electron chi connectivity index (χ3n) is 8.68. The molecule has 0 aliphatic carbocycles. The van der Waals surface area contributed by atoms with Gasteiger partial charge in [0.2, 0.25) is 0 Å². The van der Waals surface area contributed by atoms with E-state index in [1.54, 1.807) is 6.92 Å². The number of carbonyl (C=O) groups is 4. The smallest absolute Gasteiger partial charge is 0.183 e. The largest absolute Gasteiger partial charge is 0.394 e. The molecule has 2 saturated heterocycles. The first-order valence-electron chi connectivity index (χ1n) is 19.1. The van der Waals surface area contributed by atoms with E-state index in [9.17, 15) is 19.2 Å². The predicted octanol–water partition coefficient (Wildman–Crippen LogP) is -14.2. The Morgan fingerprint density at radius 1 is 0.431 bits per heavy atom. The van der Waals surface area contributed by atoms with Gasteiger partial charge in [0, 0.05) is 6.42 Å². The first kappa shape index (κ1) is 69.2. The Bertz CT molecular complexity index is 1150. The van der Waals surface area contributed by atoms with Gasteiger partial charge in [-0.05, 0) is 27.7 Å². The van der Waals surface area contributed by atoms with Crippen molar-refractivity contribution in [2.75, 3.05) is 13.2 Å². The van der Waals surface area contributed by atoms with Gasteiger partial charge in [-0.15, -0.1) is 0 Å². The summed E-state index contributed by atoms with van der Waals surface area (Å²) >= 11 is 0. The molecule has 2 fully saturated rings. The molecule has 0 unspecified atom stereocenters. The van der Waals surface area contributed by atoms with Crippen LogP contribution in [0.5, 0.6) is 0 Å². The van der Waals surface area contributed by atoms with Crippen molar-refractivity contribution in [3.05, 3.63) is 0 Å². The lowest BCUT2D eigenvalue weighted by atomic mass is 10.0. The first-order chi connectivity index (χ1) is 29.8. The predicted molar refractivity (Wildman–Crippen MR) is 208 cm³/mol. The molecule has 2 rings (SSSR count). The Hall–Kier alpha value is -2.36. The monoisotopic (exact) mass is 970 g/mol. The fourth-order valence-corrected chi connectivity index (χ4v) is 4.24. The summed E-state index contributed by atoms with van der Waals surface area (Å²) in [4.78, 5) is 39.4. The standard InChI is InChI=1S/C6H12O6.3C6H12O5.C6H12O4.C5H10O5/c7-1-3(9)5(11)6(12)4(10)2-8;1-2-3(7)4(8)5(9)6(10)11-2;2*1-3(8)5(10)6(11)4(9)2-7;1-3-6(9)4(7)2-5(8)10-3;6-1-3(8)5(10)4(9)2-7/h1,3-6,8-12H,2H2;2-10H,1H3;2*2-6,8-11H,1H3;3-9H,2H2,1H3;1,3-5,7-10H,2H2/t3-,4-,5-,6-;2-,3-,4+,5-,6+;3-,4+,5+,6-;3-,4-,5-,6-;3-,4+,5-,6-;3-,4-,5-/m110011/s1. The van der Waals surface area contributed by atoms with Gasteiger partial charge in [0.1, 0.15) is 104 Å². The van der Waals surface area contributed by atoms with Crippen molar-refractivity contribution >= 4 is 25.1 Å². The molecule has 0 spiro atoms. The van der Waals surface area contributed by atoms with Crippen LogP contribution in [-0.2, 0) is 28.7 Å². The lowest BCUT2D eigenvalue weighted by Gasteiger charge is -2.36. The molecular formula is C35H70O30. The Morgan fingerprint density at radius 3 is 1.05 bits per heavy atom. The Morgan fingerprint density at radius 2 is 0.738 bits per heavy atom. The number of aliphatic hydroxyl groups is 24. The molecular weight excluding hydrogens is 900 g/mol. The number of carbonyl (C=O) groups excluding carboxylic acids is 4. The van der Waals surface area contributed by atoms with E-state index in [1.165, 1.54) is 20.8 Å². The zero-order valence-corrected chi connectivity index (χ0v) is 35.5. The third kappa shape index (κ3) is 27.3. The van der Waals surface area contributed by atoms with Crippen LogP contribution in [0.25, 0.3) is 0 Å². The number of aldehydes is 4. The number of hydrogen-bond donors (Lipinski definition) is 24. The minimum atomic E-state index is -1.79. The molecule has 0 bridgehead atoms. The first-order valence-corrected chi connectivity index (χ1v) is 19.1. The van der Waals surface area contributed by atoms with Gasteiger partial charge in [-0.2, -0.15) is 0 Å². The highest BCUT2D eigenvalue weighted by Crippen LogP contribution is 2.19. The van der Waals surface area contributed by atoms with E-state index in [1.807, 2.05) is 0 Å². The molecule has 0 aromatic carbocycles. The van der Waals surface area contributed by atoms with E-state index in [0.717, 1.165) is 0 Å². The van der Waals surface area contributed by atoms with Crippen LogP contribution in [0, 0.1) is 0 Å². The van der Waals surface area contributed by atoms with Crippen molar-refractivity contribution in [2.24, 2.45) is 0 Å². The Labute approximate surface area is 370 Å². The van der Waals surface area contributed by atoms with Crippen LogP contribution in [0.15, 0.2) is 0 Å². The summed E-state index contributed by atoms with van der Waals surface area (Å²) in [6, 6.07) is 0. The van der Waals surface area contributed by atoms with Crippen molar-refractivity contribution in [1.29, 1.82) is 0 Å². The van der Waals surface area contributed by atoms with Crippen LogP contribution in [0.2, 0.25) is 0 Å². The molecule has 24 atom stereocenters. The number of ether oxygens (including phenoxy) is 2. The van der Waals surface area contributed by atoms with Crippen LogP contribution < -0.4 is 0 Å². The van der Waals surface area contributed by atoms with Crippen molar-refractivity contribution < 1.29 is 151 Å². The van der Waals surface area contributed by atoms with E-state index >= 15 is 0 Å². The van der Waals surface area contributed by atoms with Crippen LogP contribution in [-0.4, -0.2) is 308 Å². The Kier molecular flexibility index (Phi) is 39.0. The van der Waals surface area contributed by atoms with E-state index in [4.69, 9.17) is 127 Å². The van der Waals surface area contributed by atoms with Gasteiger partial charge >= 0.3 is 0 Å². The average Bonchev–Trinajstić information content (AvgIpc) is 3.29. The maximum atomic E-state index is 9.90. The zero-order valence-electron chi connectivity index (χ0n) is 35.5. The molecule has 0 amide bonds. The molecule has 2 heterocycles. The second kappa shape index (κ2) is 36.7. The summed E-state index contributed by atoms with van der Waals surface area (Å²) < 4.78 is 9.49. The van der Waals surface area contributed by atoms with E-state index < -0.39 is 160 Å². The van der Waals surface area contributed by atoms with Gasteiger partial charge in [-0.1, -0.05) is 0 Å². The SMILES string of the molecule is C[C@H](O)[C@@H](O)[C@@H](O)[C@H](O)C=O.C[C@H](O)[C@H](O)[C@@H](O)[C@@H](O)C=O.C[C@H]1O[C@@H](O)C[C@H](O)[C@@H]1O.C[C@H]1O[C@H](O)[C@H](O)[C@@H](O)[C@@H]1O.O=C[C@@H](O)[C@@H](O)[C@H](O)CO.O=C[C@@H](O)[C@@H](O)[C@H](O)[C@H](O)CO. The maximum absolute atomic E-state index is 9.90. The number of aliphatic hydroxyl groups excluding tert-OH is 24. The second-order valence-corrected chi connectivity index (χ2v) is 14.2. The fourth-order valence-electron chi connectivity index (χ4n) is 4.24. The molecule has 2 aliphatic heterocycles. The molecule has 0 saturated carbocycles. The maximum Gasteiger partial charge on any atom is 0.183 e. The van der Waals surface area contributed by atoms with Gasteiger partial charge < -0.3 is 151 Å². The van der Waals surface area contributed by atoms with E-state index in [0.29, 0.717) is 0 Å². The molecule has 0 radical (unpaired) electrons. The molecule has 2 aliphatic rings. The van der Waals surface area contributed by atoms with Crippen molar-refractivity contribution in [2.45, 2.75) is 181 Å². The van der Waals surface area contributed by atoms with Crippen LogP contribution >= 0.6 is 0 Å². The summed E-state index contributed by atoms with van der Waals surface area (Å²) in [7, 11) is 0. The van der Waals surface area contributed by atoms with Crippen molar-refractivity contribution in [3.63, 3.8) is 0 Å². The minimum Gasteiger partial charge on any atom is -0.394 e. The summed E-state index contributed by atoms with van der Waals surface area (Å²) in [6.07, 6.45) is -32.3.